The van der Waals surface area contributed by atoms with Crippen LogP contribution >= 0.6 is 0 Å². The maximum absolute atomic E-state index is 12.1. The van der Waals surface area contributed by atoms with Crippen molar-refractivity contribution in [3.63, 3.8) is 0 Å². The smallest absolute Gasteiger partial charge is 0.236 e. The molecule has 1 saturated carbocycles. The number of nitrogens with zero attached hydrogens (tertiary/aromatic N) is 3. The van der Waals surface area contributed by atoms with Gasteiger partial charge in [0.1, 0.15) is 0 Å². The summed E-state index contributed by atoms with van der Waals surface area (Å²) in [6, 6.07) is 0.830. The Hall–Kier alpha value is -0.650. The average Bonchev–Trinajstić information content (AvgIpc) is 3.14. The quantitative estimate of drug-likeness (QED) is 0.698. The average molecular weight is 240 g/mol. The summed E-state index contributed by atoms with van der Waals surface area (Å²) < 4.78 is 0. The van der Waals surface area contributed by atoms with Crippen molar-refractivity contribution < 1.29 is 4.79 Å². The number of hydrogen-bond acceptors (Lipinski definition) is 4. The van der Waals surface area contributed by atoms with Gasteiger partial charge in [0.25, 0.3) is 0 Å². The minimum Gasteiger partial charge on any atom is -0.342 e. The molecule has 0 aromatic heterocycles. The number of piperazine rings is 1. The lowest BCUT2D eigenvalue weighted by Crippen LogP contribution is -2.57. The van der Waals surface area contributed by atoms with E-state index in [4.69, 9.17) is 5.73 Å². The Balaban J connectivity index is 1.85. The molecule has 1 atom stereocenters. The molecule has 5 nitrogen and oxygen atoms in total. The van der Waals surface area contributed by atoms with Crippen LogP contribution in [0.4, 0.5) is 0 Å². The molecule has 2 fully saturated rings. The molecule has 17 heavy (non-hydrogen) atoms. The standard InChI is InChI=1S/C12H24N4O/c1-14-5-6-16(11(7-13)8-14)9-12(17)15(2)10-3-4-10/h10-11H,3-9,13H2,1-2H3. The second-order valence-electron chi connectivity index (χ2n) is 5.36. The van der Waals surface area contributed by atoms with Crippen molar-refractivity contribution in [2.45, 2.75) is 24.9 Å². The summed E-state index contributed by atoms with van der Waals surface area (Å²) in [7, 11) is 4.03. The van der Waals surface area contributed by atoms with Crippen molar-refractivity contribution in [3.05, 3.63) is 0 Å². The fourth-order valence-corrected chi connectivity index (χ4v) is 2.43. The molecule has 2 aliphatic rings. The van der Waals surface area contributed by atoms with E-state index in [0.29, 0.717) is 25.2 Å². The van der Waals surface area contributed by atoms with Gasteiger partial charge in [0.2, 0.25) is 5.91 Å². The van der Waals surface area contributed by atoms with E-state index in [-0.39, 0.29) is 5.91 Å². The molecule has 1 heterocycles. The Morgan fingerprint density at radius 2 is 2.12 bits per heavy atom. The van der Waals surface area contributed by atoms with Gasteiger partial charge in [0.15, 0.2) is 0 Å². The minimum atomic E-state index is 0.246. The van der Waals surface area contributed by atoms with Crippen LogP contribution in [0.3, 0.4) is 0 Å². The lowest BCUT2D eigenvalue weighted by molar-refractivity contribution is -0.132. The molecule has 2 rings (SSSR count). The van der Waals surface area contributed by atoms with Gasteiger partial charge in [-0.3, -0.25) is 9.69 Å². The largest absolute Gasteiger partial charge is 0.342 e. The topological polar surface area (TPSA) is 52.8 Å². The van der Waals surface area contributed by atoms with Gasteiger partial charge in [-0.2, -0.15) is 0 Å². The lowest BCUT2D eigenvalue weighted by Gasteiger charge is -2.39. The van der Waals surface area contributed by atoms with E-state index < -0.39 is 0 Å². The number of amides is 1. The highest BCUT2D eigenvalue weighted by molar-refractivity contribution is 5.78. The molecule has 1 amide bonds. The molecule has 1 saturated heterocycles. The number of carbonyl (C=O) groups is 1. The fraction of sp³-hybridized carbons (Fsp3) is 0.917. The summed E-state index contributed by atoms with van der Waals surface area (Å²) >= 11 is 0. The van der Waals surface area contributed by atoms with E-state index in [1.165, 1.54) is 12.8 Å². The first-order chi connectivity index (χ1) is 8.11. The van der Waals surface area contributed by atoms with Crippen LogP contribution in [-0.2, 0) is 4.79 Å². The third kappa shape index (κ3) is 3.18. The molecule has 2 N–H and O–H groups in total. The highest BCUT2D eigenvalue weighted by Crippen LogP contribution is 2.25. The summed E-state index contributed by atoms with van der Waals surface area (Å²) in [5.74, 6) is 0.246. The van der Waals surface area contributed by atoms with Crippen LogP contribution in [-0.4, -0.2) is 79.5 Å². The highest BCUT2D eigenvalue weighted by atomic mass is 16.2. The number of carbonyl (C=O) groups excluding carboxylic acids is 1. The molecule has 0 spiro atoms. The number of likely N-dealkylation sites (N-methyl/N-ethyl adjacent to an activating group) is 2. The summed E-state index contributed by atoms with van der Waals surface area (Å²) in [6.45, 7) is 4.10. The van der Waals surface area contributed by atoms with E-state index >= 15 is 0 Å². The Bertz CT molecular complexity index is 280. The first-order valence-electron chi connectivity index (χ1n) is 6.50. The van der Waals surface area contributed by atoms with E-state index in [0.717, 1.165) is 19.6 Å². The summed E-state index contributed by atoms with van der Waals surface area (Å²) in [5, 5.41) is 0. The van der Waals surface area contributed by atoms with Gasteiger partial charge in [-0.1, -0.05) is 0 Å². The molecule has 1 aliphatic heterocycles. The Kier molecular flexibility index (Phi) is 4.01. The van der Waals surface area contributed by atoms with Crippen LogP contribution in [0.5, 0.6) is 0 Å². The van der Waals surface area contributed by atoms with Crippen molar-refractivity contribution in [3.8, 4) is 0 Å². The van der Waals surface area contributed by atoms with Gasteiger partial charge in [-0.05, 0) is 19.9 Å². The predicted molar refractivity (Wildman–Crippen MR) is 67.7 cm³/mol. The zero-order chi connectivity index (χ0) is 12.4. The Morgan fingerprint density at radius 3 is 2.71 bits per heavy atom. The molecule has 0 bridgehead atoms. The maximum atomic E-state index is 12.1. The van der Waals surface area contributed by atoms with Gasteiger partial charge in [0, 0.05) is 45.3 Å². The zero-order valence-electron chi connectivity index (χ0n) is 10.9. The van der Waals surface area contributed by atoms with Crippen LogP contribution in [0.1, 0.15) is 12.8 Å². The van der Waals surface area contributed by atoms with Gasteiger partial charge < -0.3 is 15.5 Å². The first-order valence-corrected chi connectivity index (χ1v) is 6.50. The van der Waals surface area contributed by atoms with E-state index in [1.54, 1.807) is 0 Å². The molecule has 0 radical (unpaired) electrons. The summed E-state index contributed by atoms with van der Waals surface area (Å²) in [6.07, 6.45) is 2.34. The van der Waals surface area contributed by atoms with E-state index in [9.17, 15) is 4.79 Å². The lowest BCUT2D eigenvalue weighted by atomic mass is 10.1. The van der Waals surface area contributed by atoms with Crippen LogP contribution < -0.4 is 5.73 Å². The Morgan fingerprint density at radius 1 is 1.41 bits per heavy atom. The van der Waals surface area contributed by atoms with Crippen molar-refractivity contribution in [2.75, 3.05) is 46.8 Å². The van der Waals surface area contributed by atoms with Crippen molar-refractivity contribution in [1.82, 2.24) is 14.7 Å². The van der Waals surface area contributed by atoms with Gasteiger partial charge >= 0.3 is 0 Å². The second-order valence-corrected chi connectivity index (χ2v) is 5.36. The van der Waals surface area contributed by atoms with Crippen LogP contribution in [0, 0.1) is 0 Å². The first kappa shape index (κ1) is 12.8. The van der Waals surface area contributed by atoms with Crippen LogP contribution in [0.2, 0.25) is 0 Å². The summed E-state index contributed by atoms with van der Waals surface area (Å²) in [5.41, 5.74) is 5.79. The summed E-state index contributed by atoms with van der Waals surface area (Å²) in [4.78, 5) is 18.5. The SMILES string of the molecule is CN1CCN(CC(=O)N(C)C2CC2)C(CN)C1. The molecule has 1 unspecified atom stereocenters. The van der Waals surface area contributed by atoms with Gasteiger partial charge in [0.05, 0.1) is 6.54 Å². The molecular weight excluding hydrogens is 216 g/mol. The molecule has 0 aromatic rings. The van der Waals surface area contributed by atoms with Crippen molar-refractivity contribution in [1.29, 1.82) is 0 Å². The molecule has 1 aliphatic carbocycles. The molecular formula is C12H24N4O. The van der Waals surface area contributed by atoms with E-state index in [1.807, 2.05) is 11.9 Å². The third-order valence-corrected chi connectivity index (χ3v) is 3.91. The molecule has 0 aromatic carbocycles. The molecule has 98 valence electrons. The zero-order valence-corrected chi connectivity index (χ0v) is 10.9. The van der Waals surface area contributed by atoms with Gasteiger partial charge in [-0.15, -0.1) is 0 Å². The van der Waals surface area contributed by atoms with Crippen molar-refractivity contribution >= 4 is 5.91 Å². The fourth-order valence-electron chi connectivity index (χ4n) is 2.43. The van der Waals surface area contributed by atoms with Crippen LogP contribution in [0.15, 0.2) is 0 Å². The monoisotopic (exact) mass is 240 g/mol. The Labute approximate surface area is 104 Å². The normalized spacial score (nSPS) is 27.1. The number of nitrogens with two attached hydrogens (primary N) is 1. The third-order valence-electron chi connectivity index (χ3n) is 3.91. The number of rotatable bonds is 4. The number of hydrogen-bond donors (Lipinski definition) is 1. The maximum Gasteiger partial charge on any atom is 0.236 e. The van der Waals surface area contributed by atoms with E-state index in [2.05, 4.69) is 16.8 Å². The molecule has 5 heteroatoms. The predicted octanol–water partition coefficient (Wildman–Crippen LogP) is -0.818. The highest BCUT2D eigenvalue weighted by Gasteiger charge is 2.32. The van der Waals surface area contributed by atoms with Gasteiger partial charge in [-0.25, -0.2) is 0 Å². The minimum absolute atomic E-state index is 0.246. The second kappa shape index (κ2) is 5.33. The van der Waals surface area contributed by atoms with Crippen molar-refractivity contribution in [2.24, 2.45) is 5.73 Å². The van der Waals surface area contributed by atoms with Crippen LogP contribution in [0.25, 0.3) is 0 Å².